The van der Waals surface area contributed by atoms with Gasteiger partial charge in [-0.15, -0.1) is 0 Å². The van der Waals surface area contributed by atoms with Gasteiger partial charge < -0.3 is 52.1 Å². The van der Waals surface area contributed by atoms with Crippen molar-refractivity contribution in [3.05, 3.63) is 273 Å². The number of carbonyl (C=O) groups is 2. The monoisotopic (exact) mass is 1130 g/mol. The summed E-state index contributed by atoms with van der Waals surface area (Å²) in [4.78, 5) is 31.9. The number of esters is 2. The lowest BCUT2D eigenvalue weighted by molar-refractivity contribution is -0.385. The third kappa shape index (κ3) is 14.3. The minimum absolute atomic E-state index is 0.0119. The first-order chi connectivity index (χ1) is 41.4. The lowest BCUT2D eigenvalue weighted by Crippen LogP contribution is -2.70. The number of hydrogen-bond donors (Lipinski definition) is 0. The number of carbonyl (C=O) groups excluding carboxylic acids is 2. The molecule has 0 N–H and O–H groups in total. The second-order valence-corrected chi connectivity index (χ2v) is 20.8. The minimum Gasteiger partial charge on any atom is -0.457 e. The molecule has 16 nitrogen and oxygen atoms in total. The van der Waals surface area contributed by atoms with Crippen LogP contribution in [-0.2, 0) is 96.5 Å². The van der Waals surface area contributed by atoms with Crippen molar-refractivity contribution in [3.8, 4) is 0 Å². The van der Waals surface area contributed by atoms with Gasteiger partial charge in [0.25, 0.3) is 0 Å². The predicted octanol–water partition coefficient (Wildman–Crippen LogP) is 12.3. The van der Waals surface area contributed by atoms with Crippen LogP contribution in [0.25, 0.3) is 21.2 Å². The van der Waals surface area contributed by atoms with E-state index in [2.05, 4.69) is 10.0 Å². The molecule has 430 valence electrons. The molecule has 84 heavy (non-hydrogen) atoms. The summed E-state index contributed by atoms with van der Waals surface area (Å²) >= 11 is 0. The highest BCUT2D eigenvalue weighted by Gasteiger charge is 2.60. The van der Waals surface area contributed by atoms with Gasteiger partial charge in [-0.05, 0) is 55.8 Å². The van der Waals surface area contributed by atoms with Crippen molar-refractivity contribution >= 4 is 22.7 Å². The number of benzene rings is 8. The molecule has 2 saturated heterocycles. The Morgan fingerprint density at radius 3 is 1.56 bits per heavy atom. The fourth-order valence-corrected chi connectivity index (χ4v) is 11.1. The smallest absolute Gasteiger partial charge is 0.338 e. The quantitative estimate of drug-likeness (QED) is 0.0255. The number of azide groups is 1. The van der Waals surface area contributed by atoms with Crippen LogP contribution in [0.4, 0.5) is 0 Å². The molecule has 0 radical (unpaired) electrons. The van der Waals surface area contributed by atoms with Crippen LogP contribution in [0.2, 0.25) is 0 Å². The van der Waals surface area contributed by atoms with Crippen molar-refractivity contribution in [2.24, 2.45) is 5.11 Å². The van der Waals surface area contributed by atoms with Crippen LogP contribution in [0.5, 0.6) is 0 Å². The summed E-state index contributed by atoms with van der Waals surface area (Å²) in [6.07, 6.45) is -13.6. The van der Waals surface area contributed by atoms with Crippen LogP contribution in [0.15, 0.2) is 224 Å². The molecule has 0 aromatic heterocycles. The second-order valence-electron chi connectivity index (χ2n) is 20.8. The zero-order valence-electron chi connectivity index (χ0n) is 46.3. The van der Waals surface area contributed by atoms with Gasteiger partial charge in [-0.2, -0.15) is 0 Å². The van der Waals surface area contributed by atoms with E-state index in [4.69, 9.17) is 52.1 Å². The Labute approximate surface area is 487 Å². The van der Waals surface area contributed by atoms with Crippen LogP contribution in [0, 0.1) is 0 Å². The van der Waals surface area contributed by atoms with Crippen LogP contribution >= 0.6 is 0 Å². The molecule has 8 aromatic carbocycles. The normalized spacial score (nSPS) is 24.7. The van der Waals surface area contributed by atoms with Gasteiger partial charge in [0.2, 0.25) is 0 Å². The molecule has 3 aliphatic rings. The summed E-state index contributed by atoms with van der Waals surface area (Å²) < 4.78 is 76.9. The van der Waals surface area contributed by atoms with E-state index in [1.54, 1.807) is 24.3 Å². The molecular formula is C68H65N3O13. The van der Waals surface area contributed by atoms with Gasteiger partial charge in [0.15, 0.2) is 24.8 Å². The van der Waals surface area contributed by atoms with Crippen molar-refractivity contribution in [2.75, 3.05) is 6.61 Å². The van der Waals surface area contributed by atoms with E-state index in [1.165, 1.54) is 6.92 Å². The standard InChI is InChI=1S/C68H65N3O13/c1-45(72)80-63-60(76-41-48-26-11-4-12-27-48)59(75-40-47-24-9-3-10-25-47)61(77-42-49-28-13-5-14-29-49)64(62(63)78-43-53-35-21-34-50-30-17-19-36-54(50)53)84-68-65(82-66(73)55-37-20-18-33-52(55)38-70-71-69)58(74-39-46-22-7-2-8-23-46)57-56(81-68)44-79-67(83-57)51-31-15-6-16-32-51/h2-37,56-65,67-68H,38-44H2,1H3/t56-,57-,58+,59-,60-,61+,62-,63-,64-,65+,67?,68?/m1/s1. The van der Waals surface area contributed by atoms with Gasteiger partial charge in [-0.1, -0.05) is 217 Å². The Hall–Kier alpha value is -8.09. The van der Waals surface area contributed by atoms with E-state index in [0.717, 1.165) is 44.2 Å². The Kier molecular flexibility index (Phi) is 19.6. The third-order valence-corrected chi connectivity index (χ3v) is 15.1. The molecule has 3 fully saturated rings. The lowest BCUT2D eigenvalue weighted by Gasteiger charge is -2.52. The highest BCUT2D eigenvalue weighted by molar-refractivity contribution is 5.91. The number of rotatable bonds is 23. The summed E-state index contributed by atoms with van der Waals surface area (Å²) in [5.74, 6) is -1.39. The molecule has 2 aliphatic heterocycles. The zero-order valence-corrected chi connectivity index (χ0v) is 46.3. The van der Waals surface area contributed by atoms with Crippen LogP contribution in [0.1, 0.15) is 62.5 Å². The highest BCUT2D eigenvalue weighted by atomic mass is 16.8. The summed E-state index contributed by atoms with van der Waals surface area (Å²) in [5.41, 5.74) is 15.0. The maximum absolute atomic E-state index is 15.1. The Morgan fingerprint density at radius 2 is 0.964 bits per heavy atom. The maximum atomic E-state index is 15.1. The van der Waals surface area contributed by atoms with Crippen molar-refractivity contribution in [1.29, 1.82) is 0 Å². The molecule has 1 aliphatic carbocycles. The number of hydrogen-bond acceptors (Lipinski definition) is 14. The molecule has 0 bridgehead atoms. The van der Waals surface area contributed by atoms with E-state index in [-0.39, 0.29) is 51.7 Å². The van der Waals surface area contributed by atoms with Crippen LogP contribution in [0.3, 0.4) is 0 Å². The molecule has 0 amide bonds. The fraction of sp³-hybridized carbons (Fsp3) is 0.294. The van der Waals surface area contributed by atoms with Crippen molar-refractivity contribution in [3.63, 3.8) is 0 Å². The predicted molar refractivity (Wildman–Crippen MR) is 310 cm³/mol. The summed E-state index contributed by atoms with van der Waals surface area (Å²) in [6, 6.07) is 68.9. The summed E-state index contributed by atoms with van der Waals surface area (Å²) in [7, 11) is 0. The van der Waals surface area contributed by atoms with Gasteiger partial charge in [-0.25, -0.2) is 4.79 Å². The first-order valence-electron chi connectivity index (χ1n) is 28.2. The van der Waals surface area contributed by atoms with E-state index in [1.807, 2.05) is 194 Å². The van der Waals surface area contributed by atoms with Crippen molar-refractivity contribution in [2.45, 2.75) is 120 Å². The van der Waals surface area contributed by atoms with Gasteiger partial charge >= 0.3 is 11.9 Å². The van der Waals surface area contributed by atoms with E-state index >= 15 is 4.79 Å². The van der Waals surface area contributed by atoms with E-state index < -0.39 is 85.6 Å². The van der Waals surface area contributed by atoms with Gasteiger partial charge in [-0.3, -0.25) is 4.79 Å². The highest BCUT2D eigenvalue weighted by Crippen LogP contribution is 2.42. The molecule has 0 spiro atoms. The topological polar surface area (TPSA) is 184 Å². The van der Waals surface area contributed by atoms with Crippen LogP contribution in [-0.4, -0.2) is 85.9 Å². The van der Waals surface area contributed by atoms with Gasteiger partial charge in [0.1, 0.15) is 48.8 Å². The molecular weight excluding hydrogens is 1070 g/mol. The number of nitrogens with zero attached hydrogens (tertiary/aromatic N) is 3. The summed E-state index contributed by atoms with van der Waals surface area (Å²) in [5, 5.41) is 5.74. The van der Waals surface area contributed by atoms with Gasteiger partial charge in [0, 0.05) is 17.4 Å². The zero-order chi connectivity index (χ0) is 57.5. The Balaban J connectivity index is 1.06. The first kappa shape index (κ1) is 57.7. The average molecular weight is 1130 g/mol. The van der Waals surface area contributed by atoms with Gasteiger partial charge in [0.05, 0.1) is 51.7 Å². The number of fused-ring (bicyclic) bond motifs is 2. The lowest BCUT2D eigenvalue weighted by atomic mass is 9.83. The average Bonchev–Trinajstić information content (AvgIpc) is 2.60. The Bertz CT molecular complexity index is 3430. The summed E-state index contributed by atoms with van der Waals surface area (Å²) in [6.45, 7) is 1.55. The SMILES string of the molecule is CC(=O)O[C@@H]1[C@H](OCc2ccccc2)[C@@H](OCc2ccccc2)[C@H](OCc2ccccc2)[C@@H](OC2O[C@@H]3COC(c4ccccc4)O[C@H]3[C@H](OCc3ccccc3)[C@@H]2OC(=O)c2ccccc2CN=[N+]=[N-])[C@@H]1OCc1cccc2ccccc12. The first-order valence-corrected chi connectivity index (χ1v) is 28.2. The Morgan fingerprint density at radius 1 is 0.488 bits per heavy atom. The fourth-order valence-electron chi connectivity index (χ4n) is 11.1. The second kappa shape index (κ2) is 28.5. The minimum atomic E-state index is -1.51. The molecule has 8 aromatic rings. The molecule has 2 heterocycles. The third-order valence-electron chi connectivity index (χ3n) is 15.1. The molecule has 12 atom stereocenters. The largest absolute Gasteiger partial charge is 0.457 e. The molecule has 11 rings (SSSR count). The van der Waals surface area contributed by atoms with E-state index in [9.17, 15) is 10.3 Å². The van der Waals surface area contributed by atoms with E-state index in [0.29, 0.717) is 5.56 Å². The number of ether oxygens (including phenoxy) is 11. The molecule has 2 unspecified atom stereocenters. The molecule has 1 saturated carbocycles. The maximum Gasteiger partial charge on any atom is 0.338 e. The van der Waals surface area contributed by atoms with Crippen molar-refractivity contribution in [1.82, 2.24) is 0 Å². The van der Waals surface area contributed by atoms with Crippen LogP contribution < -0.4 is 0 Å². The van der Waals surface area contributed by atoms with Crippen molar-refractivity contribution < 1.29 is 61.7 Å². The molecule has 16 heteroatoms.